The van der Waals surface area contributed by atoms with Crippen molar-refractivity contribution in [3.8, 4) is 17.4 Å². The van der Waals surface area contributed by atoms with Crippen molar-refractivity contribution in [3.05, 3.63) is 40.7 Å². The van der Waals surface area contributed by atoms with Crippen molar-refractivity contribution in [1.82, 2.24) is 9.97 Å². The first kappa shape index (κ1) is 16.0. The zero-order valence-electron chi connectivity index (χ0n) is 13.3. The molecule has 1 fully saturated rings. The summed E-state index contributed by atoms with van der Waals surface area (Å²) in [5.41, 5.74) is -0.217. The summed E-state index contributed by atoms with van der Waals surface area (Å²) in [6.45, 7) is 1.48. The van der Waals surface area contributed by atoms with Crippen LogP contribution in [0.5, 0.6) is 17.4 Å². The molecule has 24 heavy (non-hydrogen) atoms. The van der Waals surface area contributed by atoms with Crippen LogP contribution in [0.25, 0.3) is 0 Å². The van der Waals surface area contributed by atoms with E-state index < -0.39 is 4.92 Å². The number of nitro groups is 1. The van der Waals surface area contributed by atoms with Gasteiger partial charge >= 0.3 is 11.6 Å². The highest BCUT2D eigenvalue weighted by molar-refractivity contribution is 5.63. The summed E-state index contributed by atoms with van der Waals surface area (Å²) in [6, 6.07) is 6.94. The van der Waals surface area contributed by atoms with Gasteiger partial charge in [0.05, 0.1) is 12.0 Å². The van der Waals surface area contributed by atoms with Gasteiger partial charge in [-0.05, 0) is 31.4 Å². The molecule has 2 aromatic rings. The van der Waals surface area contributed by atoms with E-state index in [1.807, 2.05) is 4.90 Å². The van der Waals surface area contributed by atoms with Gasteiger partial charge in [-0.15, -0.1) is 0 Å². The molecule has 1 aromatic carbocycles. The third kappa shape index (κ3) is 3.22. The average molecular weight is 330 g/mol. The Balaban J connectivity index is 1.99. The van der Waals surface area contributed by atoms with Crippen LogP contribution in [0.4, 0.5) is 11.5 Å². The summed E-state index contributed by atoms with van der Waals surface area (Å²) in [4.78, 5) is 21.1. The fourth-order valence-corrected chi connectivity index (χ4v) is 2.73. The van der Waals surface area contributed by atoms with Crippen LogP contribution >= 0.6 is 0 Å². The van der Waals surface area contributed by atoms with Crippen molar-refractivity contribution < 1.29 is 14.4 Å². The lowest BCUT2D eigenvalue weighted by Gasteiger charge is -2.27. The largest absolute Gasteiger partial charge is 0.493 e. The van der Waals surface area contributed by atoms with Crippen LogP contribution in [0.3, 0.4) is 0 Å². The monoisotopic (exact) mass is 330 g/mol. The number of aromatic nitrogens is 2. The van der Waals surface area contributed by atoms with Crippen LogP contribution in [0.15, 0.2) is 30.6 Å². The van der Waals surface area contributed by atoms with Crippen LogP contribution in [-0.2, 0) is 0 Å². The quantitative estimate of drug-likeness (QED) is 0.614. The van der Waals surface area contributed by atoms with E-state index in [-0.39, 0.29) is 11.6 Å². The van der Waals surface area contributed by atoms with Crippen LogP contribution in [0.2, 0.25) is 0 Å². The van der Waals surface area contributed by atoms with E-state index in [0.717, 1.165) is 32.4 Å². The molecule has 0 unspecified atom stereocenters. The van der Waals surface area contributed by atoms with Gasteiger partial charge in [0.15, 0.2) is 11.5 Å². The van der Waals surface area contributed by atoms with Gasteiger partial charge in [0.25, 0.3) is 0 Å². The number of ether oxygens (including phenoxy) is 2. The number of methoxy groups -OCH3 is 1. The summed E-state index contributed by atoms with van der Waals surface area (Å²) >= 11 is 0. The molecule has 1 aromatic heterocycles. The van der Waals surface area contributed by atoms with Crippen LogP contribution in [0.1, 0.15) is 19.3 Å². The van der Waals surface area contributed by atoms with E-state index in [1.165, 1.54) is 13.4 Å². The molecule has 0 spiro atoms. The molecule has 0 aliphatic carbocycles. The first-order valence-corrected chi connectivity index (χ1v) is 7.76. The zero-order valence-corrected chi connectivity index (χ0v) is 13.3. The highest BCUT2D eigenvalue weighted by Gasteiger charge is 2.29. The first-order chi connectivity index (χ1) is 11.7. The van der Waals surface area contributed by atoms with Crippen molar-refractivity contribution in [2.45, 2.75) is 19.3 Å². The molecule has 1 aliphatic heterocycles. The summed E-state index contributed by atoms with van der Waals surface area (Å²) in [6.07, 6.45) is 4.40. The minimum absolute atomic E-state index is 0.0833. The lowest BCUT2D eigenvalue weighted by molar-refractivity contribution is -0.385. The highest BCUT2D eigenvalue weighted by atomic mass is 16.6. The molecule has 0 saturated carbocycles. The average Bonchev–Trinajstić information content (AvgIpc) is 2.62. The smallest absolute Gasteiger partial charge is 0.373 e. The molecular weight excluding hydrogens is 312 g/mol. The molecule has 8 heteroatoms. The van der Waals surface area contributed by atoms with Gasteiger partial charge in [-0.1, -0.05) is 12.1 Å². The van der Waals surface area contributed by atoms with Gasteiger partial charge in [-0.3, -0.25) is 10.1 Å². The summed E-state index contributed by atoms with van der Waals surface area (Å²) in [5.74, 6) is 1.07. The Hall–Kier alpha value is -2.90. The molecule has 2 heterocycles. The summed E-state index contributed by atoms with van der Waals surface area (Å²) < 4.78 is 10.9. The number of anilines is 1. The molecule has 1 saturated heterocycles. The normalized spacial score (nSPS) is 14.3. The Morgan fingerprint density at radius 1 is 1.12 bits per heavy atom. The fraction of sp³-hybridized carbons (Fsp3) is 0.375. The first-order valence-electron chi connectivity index (χ1n) is 7.76. The molecule has 0 radical (unpaired) electrons. The maximum atomic E-state index is 11.6. The van der Waals surface area contributed by atoms with Crippen molar-refractivity contribution in [2.75, 3.05) is 25.1 Å². The van der Waals surface area contributed by atoms with Crippen LogP contribution in [0, 0.1) is 10.1 Å². The van der Waals surface area contributed by atoms with E-state index in [0.29, 0.717) is 17.3 Å². The molecule has 126 valence electrons. The third-order valence-corrected chi connectivity index (χ3v) is 3.88. The molecule has 1 aliphatic rings. The molecule has 0 atom stereocenters. The van der Waals surface area contributed by atoms with Gasteiger partial charge < -0.3 is 14.4 Å². The number of hydrogen-bond acceptors (Lipinski definition) is 7. The van der Waals surface area contributed by atoms with Crippen molar-refractivity contribution in [2.24, 2.45) is 0 Å². The Bertz CT molecular complexity index is 732. The summed E-state index contributed by atoms with van der Waals surface area (Å²) in [5, 5.41) is 11.6. The number of benzene rings is 1. The van der Waals surface area contributed by atoms with Crippen molar-refractivity contribution >= 4 is 11.5 Å². The Labute approximate surface area is 139 Å². The van der Waals surface area contributed by atoms with Gasteiger partial charge in [-0.2, -0.15) is 4.98 Å². The number of hydrogen-bond donors (Lipinski definition) is 0. The minimum Gasteiger partial charge on any atom is -0.493 e. The van der Waals surface area contributed by atoms with Crippen LogP contribution < -0.4 is 14.4 Å². The molecular formula is C16H18N4O4. The van der Waals surface area contributed by atoms with Crippen molar-refractivity contribution in [3.63, 3.8) is 0 Å². The standard InChI is InChI=1S/C16H18N4O4/c1-23-12-7-3-4-8-13(12)24-16-14(20(21)22)15(17-11-18-16)19-9-5-2-6-10-19/h3-4,7-8,11H,2,5-6,9-10H2,1H3. The molecule has 0 bridgehead atoms. The Kier molecular flexibility index (Phi) is 4.74. The highest BCUT2D eigenvalue weighted by Crippen LogP contribution is 2.39. The van der Waals surface area contributed by atoms with E-state index in [1.54, 1.807) is 24.3 Å². The summed E-state index contributed by atoms with van der Waals surface area (Å²) in [7, 11) is 1.51. The van der Waals surface area contributed by atoms with E-state index in [9.17, 15) is 10.1 Å². The second-order valence-corrected chi connectivity index (χ2v) is 5.41. The minimum atomic E-state index is -0.491. The third-order valence-electron chi connectivity index (χ3n) is 3.88. The molecule has 0 amide bonds. The molecule has 8 nitrogen and oxygen atoms in total. The lowest BCUT2D eigenvalue weighted by Crippen LogP contribution is -2.30. The maximum absolute atomic E-state index is 11.6. The Morgan fingerprint density at radius 3 is 2.50 bits per heavy atom. The number of piperidine rings is 1. The fourth-order valence-electron chi connectivity index (χ4n) is 2.73. The second kappa shape index (κ2) is 7.12. The van der Waals surface area contributed by atoms with Gasteiger partial charge in [0.1, 0.15) is 6.33 Å². The van der Waals surface area contributed by atoms with Gasteiger partial charge in [0.2, 0.25) is 5.82 Å². The van der Waals surface area contributed by atoms with E-state index >= 15 is 0 Å². The second-order valence-electron chi connectivity index (χ2n) is 5.41. The van der Waals surface area contributed by atoms with E-state index in [2.05, 4.69) is 9.97 Å². The van der Waals surface area contributed by atoms with Gasteiger partial charge in [-0.25, -0.2) is 4.98 Å². The predicted octanol–water partition coefficient (Wildman–Crippen LogP) is 3.18. The van der Waals surface area contributed by atoms with Crippen LogP contribution in [-0.4, -0.2) is 35.1 Å². The number of para-hydroxylation sites is 2. The lowest BCUT2D eigenvalue weighted by atomic mass is 10.1. The van der Waals surface area contributed by atoms with Crippen molar-refractivity contribution in [1.29, 1.82) is 0 Å². The molecule has 3 rings (SSSR count). The topological polar surface area (TPSA) is 90.6 Å². The number of rotatable bonds is 5. The van der Waals surface area contributed by atoms with E-state index in [4.69, 9.17) is 9.47 Å². The van der Waals surface area contributed by atoms with Gasteiger partial charge in [0, 0.05) is 13.1 Å². The number of nitrogens with zero attached hydrogens (tertiary/aromatic N) is 4. The zero-order chi connectivity index (χ0) is 16.9. The molecule has 0 N–H and O–H groups in total. The SMILES string of the molecule is COc1ccccc1Oc1ncnc(N2CCCCC2)c1[N+](=O)[O-]. The maximum Gasteiger partial charge on any atom is 0.373 e. The Morgan fingerprint density at radius 2 is 1.83 bits per heavy atom. The predicted molar refractivity (Wildman–Crippen MR) is 87.8 cm³/mol.